The number of para-hydroxylation sites is 1. The highest BCUT2D eigenvalue weighted by Crippen LogP contribution is 2.35. The zero-order valence-corrected chi connectivity index (χ0v) is 13.2. The molecule has 0 radical (unpaired) electrons. The molecule has 0 saturated carbocycles. The van der Waals surface area contributed by atoms with Crippen LogP contribution in [0.2, 0.25) is 0 Å². The molecule has 2 aliphatic heterocycles. The molecule has 1 fully saturated rings. The predicted octanol–water partition coefficient (Wildman–Crippen LogP) is 1.55. The van der Waals surface area contributed by atoms with E-state index in [0.717, 1.165) is 35.1 Å². The molecule has 1 amide bonds. The van der Waals surface area contributed by atoms with Gasteiger partial charge in [-0.25, -0.2) is 0 Å². The average Bonchev–Trinajstić information content (AvgIpc) is 2.95. The molecular weight excluding hydrogens is 312 g/mol. The van der Waals surface area contributed by atoms with E-state index in [9.17, 15) is 4.79 Å². The number of thioether (sulfide) groups is 1. The first-order valence-corrected chi connectivity index (χ1v) is 7.94. The second kappa shape index (κ2) is 7.77. The third-order valence-electron chi connectivity index (χ3n) is 3.38. The van der Waals surface area contributed by atoms with Crippen LogP contribution in [0.25, 0.3) is 0 Å². The quantitative estimate of drug-likeness (QED) is 0.877. The molecule has 1 aromatic carbocycles. The van der Waals surface area contributed by atoms with E-state index in [0.29, 0.717) is 13.0 Å². The van der Waals surface area contributed by atoms with Crippen molar-refractivity contribution in [2.45, 2.75) is 19.0 Å². The molecule has 5 nitrogen and oxygen atoms in total. The second-order valence-corrected chi connectivity index (χ2v) is 6.01. The van der Waals surface area contributed by atoms with Crippen LogP contribution in [0.4, 0.5) is 0 Å². The van der Waals surface area contributed by atoms with Gasteiger partial charge in [0.25, 0.3) is 0 Å². The lowest BCUT2D eigenvalue weighted by Gasteiger charge is -2.22. The zero-order chi connectivity index (χ0) is 13.8. The Kier molecular flexibility index (Phi) is 6.02. The lowest BCUT2D eigenvalue weighted by Crippen LogP contribution is -2.41. The monoisotopic (exact) mass is 330 g/mol. The average molecular weight is 331 g/mol. The molecule has 0 spiro atoms. The summed E-state index contributed by atoms with van der Waals surface area (Å²) < 4.78 is 10.7. The van der Waals surface area contributed by atoms with E-state index in [2.05, 4.69) is 10.6 Å². The molecule has 0 bridgehead atoms. The number of halogens is 1. The van der Waals surface area contributed by atoms with Crippen molar-refractivity contribution in [1.29, 1.82) is 0 Å². The fourth-order valence-electron chi connectivity index (χ4n) is 2.37. The molecular formula is C14H19ClN2O3S. The number of nitrogens with one attached hydrogen (secondary N) is 2. The third kappa shape index (κ3) is 4.18. The highest BCUT2D eigenvalue weighted by molar-refractivity contribution is 7.99. The van der Waals surface area contributed by atoms with E-state index >= 15 is 0 Å². The molecule has 1 saturated heterocycles. The largest absolute Gasteiger partial charge is 0.454 e. The Bertz CT molecular complexity index is 495. The van der Waals surface area contributed by atoms with Crippen LogP contribution >= 0.6 is 24.2 Å². The number of hydrogen-bond acceptors (Lipinski definition) is 5. The Hall–Kier alpha value is -1.11. The Labute approximate surface area is 134 Å². The highest BCUT2D eigenvalue weighted by atomic mass is 35.5. The van der Waals surface area contributed by atoms with Crippen LogP contribution in [0, 0.1) is 0 Å². The second-order valence-electron chi connectivity index (χ2n) is 4.86. The van der Waals surface area contributed by atoms with Crippen LogP contribution in [0.3, 0.4) is 0 Å². The van der Waals surface area contributed by atoms with Gasteiger partial charge in [-0.2, -0.15) is 11.8 Å². The van der Waals surface area contributed by atoms with Crippen LogP contribution in [0.1, 0.15) is 12.0 Å². The number of rotatable bonds is 4. The SMILES string of the molecule is Cl.O=C(CC1CSCCN1)NCc1cccc2c1OCO2. The summed E-state index contributed by atoms with van der Waals surface area (Å²) in [5, 5.41) is 6.32. The predicted molar refractivity (Wildman–Crippen MR) is 85.4 cm³/mol. The third-order valence-corrected chi connectivity index (χ3v) is 4.52. The topological polar surface area (TPSA) is 59.6 Å². The zero-order valence-electron chi connectivity index (χ0n) is 11.6. The number of carbonyl (C=O) groups is 1. The molecule has 116 valence electrons. The van der Waals surface area contributed by atoms with Gasteiger partial charge in [0.2, 0.25) is 12.7 Å². The molecule has 21 heavy (non-hydrogen) atoms. The molecule has 2 heterocycles. The fourth-order valence-corrected chi connectivity index (χ4v) is 3.32. The number of ether oxygens (including phenoxy) is 2. The molecule has 0 aliphatic carbocycles. The summed E-state index contributed by atoms with van der Waals surface area (Å²) in [5.41, 5.74) is 0.958. The Morgan fingerprint density at radius 1 is 1.43 bits per heavy atom. The smallest absolute Gasteiger partial charge is 0.231 e. The van der Waals surface area contributed by atoms with Gasteiger partial charge in [0.05, 0.1) is 0 Å². The van der Waals surface area contributed by atoms with Gasteiger partial charge in [-0.15, -0.1) is 12.4 Å². The minimum Gasteiger partial charge on any atom is -0.454 e. The summed E-state index contributed by atoms with van der Waals surface area (Å²) in [4.78, 5) is 12.0. The van der Waals surface area contributed by atoms with E-state index in [1.54, 1.807) is 0 Å². The van der Waals surface area contributed by atoms with Crippen molar-refractivity contribution in [2.75, 3.05) is 24.8 Å². The van der Waals surface area contributed by atoms with Gasteiger partial charge in [0.1, 0.15) is 0 Å². The van der Waals surface area contributed by atoms with Crippen LogP contribution in [0.15, 0.2) is 18.2 Å². The Balaban J connectivity index is 0.00000161. The van der Waals surface area contributed by atoms with Crippen molar-refractivity contribution in [3.8, 4) is 11.5 Å². The summed E-state index contributed by atoms with van der Waals surface area (Å²) in [5.74, 6) is 3.71. The van der Waals surface area contributed by atoms with Crippen molar-refractivity contribution in [3.63, 3.8) is 0 Å². The Morgan fingerprint density at radius 2 is 2.33 bits per heavy atom. The molecule has 1 unspecified atom stereocenters. The molecule has 1 atom stereocenters. The standard InChI is InChI=1S/C14H18N2O3S.ClH/c17-13(6-11-8-20-5-4-15-11)16-7-10-2-1-3-12-14(10)19-9-18-12;/h1-3,11,15H,4-9H2,(H,16,17);1H. The molecule has 0 aromatic heterocycles. The lowest BCUT2D eigenvalue weighted by atomic mass is 10.1. The Morgan fingerprint density at radius 3 is 3.14 bits per heavy atom. The maximum Gasteiger partial charge on any atom is 0.231 e. The maximum atomic E-state index is 12.0. The summed E-state index contributed by atoms with van der Waals surface area (Å²) >= 11 is 1.90. The van der Waals surface area contributed by atoms with Gasteiger partial charge in [-0.05, 0) is 6.07 Å². The summed E-state index contributed by atoms with van der Waals surface area (Å²) in [6, 6.07) is 6.02. The fraction of sp³-hybridized carbons (Fsp3) is 0.500. The van der Waals surface area contributed by atoms with Crippen molar-refractivity contribution in [1.82, 2.24) is 10.6 Å². The number of hydrogen-bond donors (Lipinski definition) is 2. The molecule has 1 aromatic rings. The number of fused-ring (bicyclic) bond motifs is 1. The van der Waals surface area contributed by atoms with Crippen LogP contribution < -0.4 is 20.1 Å². The van der Waals surface area contributed by atoms with Gasteiger partial charge in [-0.3, -0.25) is 4.79 Å². The van der Waals surface area contributed by atoms with E-state index in [4.69, 9.17) is 9.47 Å². The van der Waals surface area contributed by atoms with E-state index in [-0.39, 0.29) is 31.1 Å². The normalized spacial score (nSPS) is 19.7. The first-order valence-electron chi connectivity index (χ1n) is 6.78. The number of benzene rings is 1. The van der Waals surface area contributed by atoms with Gasteiger partial charge >= 0.3 is 0 Å². The van der Waals surface area contributed by atoms with Crippen molar-refractivity contribution < 1.29 is 14.3 Å². The minimum absolute atomic E-state index is 0. The summed E-state index contributed by atoms with van der Waals surface area (Å²) in [6.45, 7) is 1.72. The number of amides is 1. The van der Waals surface area contributed by atoms with Gasteiger partial charge in [0.15, 0.2) is 11.5 Å². The first kappa shape index (κ1) is 16.3. The molecule has 7 heteroatoms. The van der Waals surface area contributed by atoms with Gasteiger partial charge < -0.3 is 20.1 Å². The van der Waals surface area contributed by atoms with E-state index < -0.39 is 0 Å². The molecule has 2 aliphatic rings. The van der Waals surface area contributed by atoms with Crippen molar-refractivity contribution in [3.05, 3.63) is 23.8 Å². The van der Waals surface area contributed by atoms with Crippen LogP contribution in [-0.4, -0.2) is 36.8 Å². The van der Waals surface area contributed by atoms with E-state index in [1.807, 2.05) is 30.0 Å². The number of carbonyl (C=O) groups excluding carboxylic acids is 1. The van der Waals surface area contributed by atoms with E-state index in [1.165, 1.54) is 0 Å². The van der Waals surface area contributed by atoms with Crippen molar-refractivity contribution in [2.24, 2.45) is 0 Å². The van der Waals surface area contributed by atoms with Gasteiger partial charge in [-0.1, -0.05) is 12.1 Å². The van der Waals surface area contributed by atoms with Crippen molar-refractivity contribution >= 4 is 30.1 Å². The molecule has 3 rings (SSSR count). The van der Waals surface area contributed by atoms with Gasteiger partial charge in [0, 0.05) is 42.6 Å². The minimum atomic E-state index is 0. The van der Waals surface area contributed by atoms with Crippen LogP contribution in [0.5, 0.6) is 11.5 Å². The lowest BCUT2D eigenvalue weighted by molar-refractivity contribution is -0.121. The highest BCUT2D eigenvalue weighted by Gasteiger charge is 2.19. The summed E-state index contributed by atoms with van der Waals surface area (Å²) in [6.07, 6.45) is 0.527. The molecule has 2 N–H and O–H groups in total. The maximum absolute atomic E-state index is 12.0. The summed E-state index contributed by atoms with van der Waals surface area (Å²) in [7, 11) is 0. The van der Waals surface area contributed by atoms with Crippen LogP contribution in [-0.2, 0) is 11.3 Å². The first-order chi connectivity index (χ1) is 9.83.